The Hall–Kier alpha value is 0.170. The molecule has 0 saturated carbocycles. The Labute approximate surface area is 68.8 Å². The van der Waals surface area contributed by atoms with Crippen molar-refractivity contribution < 1.29 is 26.9 Å². The van der Waals surface area contributed by atoms with Gasteiger partial charge in [0, 0.05) is 0 Å². The highest BCUT2D eigenvalue weighted by Crippen LogP contribution is 1.98. The third-order valence-electron chi connectivity index (χ3n) is 0.880. The van der Waals surface area contributed by atoms with Crippen LogP contribution >= 0.6 is 0 Å². The van der Waals surface area contributed by atoms with Gasteiger partial charge in [0.05, 0.1) is 0 Å². The van der Waals surface area contributed by atoms with Gasteiger partial charge in [-0.2, -0.15) is 9.68 Å². The van der Waals surface area contributed by atoms with Crippen LogP contribution in [0.25, 0.3) is 0 Å². The molecule has 0 aliphatic rings. The molecule has 10 heavy (non-hydrogen) atoms. The first kappa shape index (κ1) is 12.8. The molecule has 0 aliphatic carbocycles. The highest BCUT2D eigenvalue weighted by molar-refractivity contribution is 3.97. The molecule has 0 radical (unpaired) electrons. The van der Waals surface area contributed by atoms with E-state index in [1.54, 1.807) is 0 Å². The molecule has 0 bridgehead atoms. The fraction of sp³-hybridized carbons (Fsp3) is 1.00. The van der Waals surface area contributed by atoms with E-state index in [1.165, 1.54) is 0 Å². The van der Waals surface area contributed by atoms with Crippen molar-refractivity contribution in [2.75, 3.05) is 27.3 Å². The standard InChI is InChI=1S/C6H16NO2.ClH/c1-5-8-7(3,4)9-6-2;/h5-6H2,1-4H3;1H/q+1;/p-1. The first-order valence-corrected chi connectivity index (χ1v) is 3.25. The Morgan fingerprint density at radius 3 is 1.50 bits per heavy atom. The number of halogens is 1. The average Bonchev–Trinajstić information content (AvgIpc) is 1.64. The molecular formula is C6H16ClNO2. The van der Waals surface area contributed by atoms with Crippen molar-refractivity contribution in [2.45, 2.75) is 13.8 Å². The molecule has 0 amide bonds. The zero-order valence-corrected chi connectivity index (χ0v) is 7.81. The summed E-state index contributed by atoms with van der Waals surface area (Å²) in [7, 11) is 3.71. The zero-order chi connectivity index (χ0) is 7.33. The molecule has 64 valence electrons. The quantitative estimate of drug-likeness (QED) is 0.357. The lowest BCUT2D eigenvalue weighted by atomic mass is 10.9. The van der Waals surface area contributed by atoms with Crippen molar-refractivity contribution in [3.05, 3.63) is 0 Å². The third kappa shape index (κ3) is 6.29. The van der Waals surface area contributed by atoms with Crippen molar-refractivity contribution >= 4 is 0 Å². The predicted octanol–water partition coefficient (Wildman–Crippen LogP) is -2.03. The maximum Gasteiger partial charge on any atom is 0.132 e. The van der Waals surface area contributed by atoms with Gasteiger partial charge in [-0.25, -0.2) is 0 Å². The molecule has 3 nitrogen and oxygen atoms in total. The van der Waals surface area contributed by atoms with Gasteiger partial charge in [-0.3, -0.25) is 0 Å². The number of hydroxylamine groups is 4. The van der Waals surface area contributed by atoms with E-state index in [1.807, 2.05) is 27.9 Å². The maximum atomic E-state index is 5.18. The second-order valence-corrected chi connectivity index (χ2v) is 2.09. The monoisotopic (exact) mass is 169 g/mol. The van der Waals surface area contributed by atoms with Gasteiger partial charge < -0.3 is 12.4 Å². The zero-order valence-electron chi connectivity index (χ0n) is 7.06. The Morgan fingerprint density at radius 2 is 1.30 bits per heavy atom. The summed E-state index contributed by atoms with van der Waals surface area (Å²) in [6, 6.07) is 0. The first-order chi connectivity index (χ1) is 4.12. The number of nitrogens with zero attached hydrogens (tertiary/aromatic N) is 1. The van der Waals surface area contributed by atoms with Crippen molar-refractivity contribution in [1.29, 1.82) is 0 Å². The molecule has 0 aliphatic heterocycles. The minimum absolute atomic E-state index is 0. The van der Waals surface area contributed by atoms with Crippen LogP contribution in [0.4, 0.5) is 0 Å². The maximum absolute atomic E-state index is 5.18. The lowest BCUT2D eigenvalue weighted by molar-refractivity contribution is -1.22. The van der Waals surface area contributed by atoms with Crippen LogP contribution in [0.15, 0.2) is 0 Å². The molecule has 0 aromatic heterocycles. The molecule has 0 rings (SSSR count). The van der Waals surface area contributed by atoms with E-state index in [-0.39, 0.29) is 17.2 Å². The summed E-state index contributed by atoms with van der Waals surface area (Å²) in [4.78, 5) is 10.6. The molecule has 0 fully saturated rings. The number of quaternary nitrogens is 1. The van der Waals surface area contributed by atoms with Gasteiger partial charge in [-0.15, -0.1) is 0 Å². The topological polar surface area (TPSA) is 18.5 Å². The molecule has 0 N–H and O–H groups in total. The highest BCUT2D eigenvalue weighted by atomic mass is 35.5. The Balaban J connectivity index is 0. The van der Waals surface area contributed by atoms with Crippen LogP contribution < -0.4 is 12.4 Å². The van der Waals surface area contributed by atoms with E-state index in [4.69, 9.17) is 9.68 Å². The summed E-state index contributed by atoms with van der Waals surface area (Å²) in [6.07, 6.45) is 0. The van der Waals surface area contributed by atoms with E-state index in [0.717, 1.165) is 0 Å². The molecule has 0 heterocycles. The molecular weight excluding hydrogens is 154 g/mol. The number of rotatable bonds is 4. The van der Waals surface area contributed by atoms with Crippen molar-refractivity contribution in [3.63, 3.8) is 0 Å². The number of hydrogen-bond acceptors (Lipinski definition) is 2. The second kappa shape index (κ2) is 5.92. The van der Waals surface area contributed by atoms with E-state index in [9.17, 15) is 0 Å². The van der Waals surface area contributed by atoms with Crippen LogP contribution in [0, 0.1) is 0 Å². The van der Waals surface area contributed by atoms with Crippen molar-refractivity contribution in [2.24, 2.45) is 0 Å². The molecule has 0 aromatic carbocycles. The first-order valence-electron chi connectivity index (χ1n) is 3.25. The Kier molecular flexibility index (Phi) is 7.58. The van der Waals surface area contributed by atoms with Gasteiger partial charge in [0.2, 0.25) is 0 Å². The Morgan fingerprint density at radius 1 is 1.00 bits per heavy atom. The largest absolute Gasteiger partial charge is 1.00 e. The van der Waals surface area contributed by atoms with Crippen LogP contribution in [-0.4, -0.2) is 32.1 Å². The summed E-state index contributed by atoms with van der Waals surface area (Å²) >= 11 is 0. The van der Waals surface area contributed by atoms with Gasteiger partial charge in [-0.1, -0.05) is 0 Å². The minimum Gasteiger partial charge on any atom is -1.00 e. The lowest BCUT2D eigenvalue weighted by Gasteiger charge is -2.22. The summed E-state index contributed by atoms with van der Waals surface area (Å²) in [5.74, 6) is 0. The van der Waals surface area contributed by atoms with Crippen LogP contribution in [0.3, 0.4) is 0 Å². The van der Waals surface area contributed by atoms with Gasteiger partial charge in [0.15, 0.2) is 0 Å². The molecule has 0 aromatic rings. The predicted molar refractivity (Wildman–Crippen MR) is 35.4 cm³/mol. The van der Waals surface area contributed by atoms with Gasteiger partial charge >= 0.3 is 0 Å². The van der Waals surface area contributed by atoms with E-state index in [2.05, 4.69) is 0 Å². The summed E-state index contributed by atoms with van der Waals surface area (Å²) in [6.45, 7) is 5.23. The Bertz CT molecular complexity index is 70.1. The summed E-state index contributed by atoms with van der Waals surface area (Å²) < 4.78 is 0. The normalized spacial score (nSPS) is 10.8. The van der Waals surface area contributed by atoms with Gasteiger partial charge in [0.25, 0.3) is 0 Å². The van der Waals surface area contributed by atoms with Gasteiger partial charge in [-0.05, 0) is 18.7 Å². The smallest absolute Gasteiger partial charge is 0.132 e. The van der Waals surface area contributed by atoms with E-state index < -0.39 is 0 Å². The van der Waals surface area contributed by atoms with Crippen molar-refractivity contribution in [1.82, 2.24) is 0 Å². The molecule has 0 atom stereocenters. The average molecular weight is 170 g/mol. The molecule has 0 spiro atoms. The van der Waals surface area contributed by atoms with E-state index >= 15 is 0 Å². The molecule has 4 heteroatoms. The van der Waals surface area contributed by atoms with Crippen LogP contribution in [-0.2, 0) is 9.68 Å². The van der Waals surface area contributed by atoms with Gasteiger partial charge in [0.1, 0.15) is 27.3 Å². The van der Waals surface area contributed by atoms with Crippen LogP contribution in [0.5, 0.6) is 0 Å². The third-order valence-corrected chi connectivity index (χ3v) is 0.880. The fourth-order valence-electron chi connectivity index (χ4n) is 0.659. The SMILES string of the molecule is CCO[N+](C)(C)OCC.[Cl-]. The highest BCUT2D eigenvalue weighted by Gasteiger charge is 2.15. The van der Waals surface area contributed by atoms with Crippen LogP contribution in [0.2, 0.25) is 0 Å². The lowest BCUT2D eigenvalue weighted by Crippen LogP contribution is -3.00. The number of hydrogen-bond donors (Lipinski definition) is 0. The minimum atomic E-state index is 0. The molecule has 0 unspecified atom stereocenters. The van der Waals surface area contributed by atoms with Crippen LogP contribution in [0.1, 0.15) is 13.8 Å². The summed E-state index contributed by atoms with van der Waals surface area (Å²) in [5, 5.41) is 0. The van der Waals surface area contributed by atoms with E-state index in [0.29, 0.717) is 13.2 Å². The molecule has 0 saturated heterocycles. The fourth-order valence-corrected chi connectivity index (χ4v) is 0.659. The summed E-state index contributed by atoms with van der Waals surface area (Å²) in [5.41, 5.74) is 0. The second-order valence-electron chi connectivity index (χ2n) is 2.09. The van der Waals surface area contributed by atoms with Crippen molar-refractivity contribution in [3.8, 4) is 0 Å².